The van der Waals surface area contributed by atoms with Gasteiger partial charge in [-0.1, -0.05) is 29.8 Å². The zero-order valence-corrected chi connectivity index (χ0v) is 11.7. The minimum absolute atomic E-state index is 0.132. The van der Waals surface area contributed by atoms with Gasteiger partial charge in [-0.25, -0.2) is 0 Å². The highest BCUT2D eigenvalue weighted by molar-refractivity contribution is 5.70. The molecule has 0 aliphatic heterocycles. The maximum atomic E-state index is 10.9. The van der Waals surface area contributed by atoms with Gasteiger partial charge in [-0.15, -0.1) is 0 Å². The van der Waals surface area contributed by atoms with Crippen LogP contribution in [0.25, 0.3) is 0 Å². The molecule has 19 heavy (non-hydrogen) atoms. The van der Waals surface area contributed by atoms with Crippen LogP contribution in [0.5, 0.6) is 0 Å². The molecule has 0 spiro atoms. The minimum Gasteiger partial charge on any atom is -0.481 e. The predicted molar refractivity (Wildman–Crippen MR) is 76.1 cm³/mol. The van der Waals surface area contributed by atoms with Gasteiger partial charge in [0.1, 0.15) is 0 Å². The number of hydrogen-bond acceptors (Lipinski definition) is 2. The molecule has 1 saturated carbocycles. The van der Waals surface area contributed by atoms with Gasteiger partial charge in [0.15, 0.2) is 0 Å². The minimum atomic E-state index is -0.634. The molecule has 0 aromatic heterocycles. The summed E-state index contributed by atoms with van der Waals surface area (Å²) in [5, 5.41) is 12.6. The second-order valence-corrected chi connectivity index (χ2v) is 5.69. The van der Waals surface area contributed by atoms with Crippen molar-refractivity contribution in [2.75, 3.05) is 0 Å². The van der Waals surface area contributed by atoms with Gasteiger partial charge in [0.2, 0.25) is 0 Å². The molecule has 0 radical (unpaired) electrons. The van der Waals surface area contributed by atoms with Gasteiger partial charge < -0.3 is 10.4 Å². The van der Waals surface area contributed by atoms with Crippen molar-refractivity contribution < 1.29 is 9.90 Å². The van der Waals surface area contributed by atoms with Crippen LogP contribution >= 0.6 is 0 Å². The first kappa shape index (κ1) is 14.1. The Morgan fingerprint density at radius 2 is 1.79 bits per heavy atom. The fraction of sp³-hybridized carbons (Fsp3) is 0.562. The van der Waals surface area contributed by atoms with Crippen molar-refractivity contribution in [3.05, 3.63) is 35.4 Å². The van der Waals surface area contributed by atoms with E-state index in [1.807, 2.05) is 0 Å². The van der Waals surface area contributed by atoms with E-state index in [1.54, 1.807) is 0 Å². The zero-order chi connectivity index (χ0) is 13.8. The monoisotopic (exact) mass is 261 g/mol. The van der Waals surface area contributed by atoms with Crippen molar-refractivity contribution in [1.82, 2.24) is 5.32 Å². The predicted octanol–water partition coefficient (Wildman–Crippen LogP) is 3.29. The summed E-state index contributed by atoms with van der Waals surface area (Å²) in [6.07, 6.45) is 3.53. The third-order valence-electron chi connectivity index (χ3n) is 4.14. The maximum Gasteiger partial charge on any atom is 0.306 e. The van der Waals surface area contributed by atoms with Gasteiger partial charge in [0.05, 0.1) is 5.92 Å². The fourth-order valence-electron chi connectivity index (χ4n) is 2.81. The zero-order valence-electron chi connectivity index (χ0n) is 11.7. The molecule has 0 amide bonds. The van der Waals surface area contributed by atoms with Crippen molar-refractivity contribution in [2.45, 2.75) is 51.6 Å². The lowest BCUT2D eigenvalue weighted by atomic mass is 9.85. The number of carbonyl (C=O) groups is 1. The standard InChI is InChI=1S/C16H23NO2/c1-11-3-5-13(6-4-11)12(2)17-15-9-7-14(8-10-15)16(18)19/h3-6,12,14-15,17H,7-10H2,1-2H3,(H,18,19). The highest BCUT2D eigenvalue weighted by atomic mass is 16.4. The highest BCUT2D eigenvalue weighted by Crippen LogP contribution is 2.26. The number of hydrogen-bond donors (Lipinski definition) is 2. The molecule has 2 rings (SSSR count). The van der Waals surface area contributed by atoms with Gasteiger partial charge >= 0.3 is 5.97 Å². The van der Waals surface area contributed by atoms with Crippen LogP contribution in [0.4, 0.5) is 0 Å². The molecule has 1 aromatic carbocycles. The second-order valence-electron chi connectivity index (χ2n) is 5.69. The molecule has 1 atom stereocenters. The van der Waals surface area contributed by atoms with Crippen LogP contribution in [-0.2, 0) is 4.79 Å². The van der Waals surface area contributed by atoms with Crippen LogP contribution in [-0.4, -0.2) is 17.1 Å². The van der Waals surface area contributed by atoms with E-state index in [9.17, 15) is 4.79 Å². The third-order valence-corrected chi connectivity index (χ3v) is 4.14. The summed E-state index contributed by atoms with van der Waals surface area (Å²) in [5.41, 5.74) is 2.57. The summed E-state index contributed by atoms with van der Waals surface area (Å²) in [6.45, 7) is 4.27. The first-order valence-corrected chi connectivity index (χ1v) is 7.11. The van der Waals surface area contributed by atoms with Crippen LogP contribution in [0, 0.1) is 12.8 Å². The lowest BCUT2D eigenvalue weighted by molar-refractivity contribution is -0.142. The van der Waals surface area contributed by atoms with E-state index in [1.165, 1.54) is 11.1 Å². The van der Waals surface area contributed by atoms with E-state index in [2.05, 4.69) is 43.4 Å². The molecule has 1 aliphatic carbocycles. The molecule has 1 fully saturated rings. The summed E-state index contributed by atoms with van der Waals surface area (Å²) >= 11 is 0. The molecule has 0 saturated heterocycles. The Kier molecular flexibility index (Phi) is 4.59. The summed E-state index contributed by atoms with van der Waals surface area (Å²) < 4.78 is 0. The van der Waals surface area contributed by atoms with Crippen molar-refractivity contribution in [1.29, 1.82) is 0 Å². The van der Waals surface area contributed by atoms with Crippen LogP contribution in [0.1, 0.15) is 49.8 Å². The van der Waals surface area contributed by atoms with Crippen molar-refractivity contribution in [2.24, 2.45) is 5.92 Å². The number of aliphatic carboxylic acids is 1. The summed E-state index contributed by atoms with van der Waals surface area (Å²) in [4.78, 5) is 10.9. The van der Waals surface area contributed by atoms with E-state index in [0.29, 0.717) is 12.1 Å². The van der Waals surface area contributed by atoms with Gasteiger partial charge in [-0.05, 0) is 45.1 Å². The van der Waals surface area contributed by atoms with E-state index < -0.39 is 5.97 Å². The van der Waals surface area contributed by atoms with Crippen LogP contribution < -0.4 is 5.32 Å². The summed E-state index contributed by atoms with van der Waals surface area (Å²) in [6, 6.07) is 9.37. The van der Waals surface area contributed by atoms with Crippen LogP contribution in [0.3, 0.4) is 0 Å². The Balaban J connectivity index is 1.85. The lowest BCUT2D eigenvalue weighted by Crippen LogP contribution is -2.36. The summed E-state index contributed by atoms with van der Waals surface area (Å²) in [7, 11) is 0. The molecule has 3 heteroatoms. The maximum absolute atomic E-state index is 10.9. The molecule has 3 nitrogen and oxygen atoms in total. The largest absolute Gasteiger partial charge is 0.481 e. The third kappa shape index (κ3) is 3.80. The number of carboxylic acid groups (broad SMARTS) is 1. The second kappa shape index (κ2) is 6.20. The molecule has 1 unspecified atom stereocenters. The van der Waals surface area contributed by atoms with Gasteiger partial charge in [-0.3, -0.25) is 4.79 Å². The first-order valence-electron chi connectivity index (χ1n) is 7.11. The molecule has 1 aromatic rings. The smallest absolute Gasteiger partial charge is 0.306 e. The normalized spacial score (nSPS) is 24.9. The highest BCUT2D eigenvalue weighted by Gasteiger charge is 2.26. The lowest BCUT2D eigenvalue weighted by Gasteiger charge is -2.29. The van der Waals surface area contributed by atoms with Gasteiger partial charge in [0.25, 0.3) is 0 Å². The molecular weight excluding hydrogens is 238 g/mol. The quantitative estimate of drug-likeness (QED) is 0.874. The van der Waals surface area contributed by atoms with E-state index in [0.717, 1.165) is 25.7 Å². The Morgan fingerprint density at radius 3 is 2.32 bits per heavy atom. The molecule has 104 valence electrons. The molecule has 0 heterocycles. The van der Waals surface area contributed by atoms with Crippen molar-refractivity contribution in [3.63, 3.8) is 0 Å². The van der Waals surface area contributed by atoms with Gasteiger partial charge in [0, 0.05) is 12.1 Å². The number of benzene rings is 1. The van der Waals surface area contributed by atoms with E-state index in [-0.39, 0.29) is 5.92 Å². The number of nitrogens with one attached hydrogen (secondary N) is 1. The average Bonchev–Trinajstić information content (AvgIpc) is 2.40. The fourth-order valence-corrected chi connectivity index (χ4v) is 2.81. The van der Waals surface area contributed by atoms with Crippen LogP contribution in [0.2, 0.25) is 0 Å². The van der Waals surface area contributed by atoms with E-state index >= 15 is 0 Å². The Bertz CT molecular complexity index is 419. The molecular formula is C16H23NO2. The number of rotatable bonds is 4. The van der Waals surface area contributed by atoms with Crippen molar-refractivity contribution in [3.8, 4) is 0 Å². The van der Waals surface area contributed by atoms with Crippen LogP contribution in [0.15, 0.2) is 24.3 Å². The Labute approximate surface area is 115 Å². The Morgan fingerprint density at radius 1 is 1.21 bits per heavy atom. The van der Waals surface area contributed by atoms with Crippen molar-refractivity contribution >= 4 is 5.97 Å². The van der Waals surface area contributed by atoms with E-state index in [4.69, 9.17) is 5.11 Å². The topological polar surface area (TPSA) is 49.3 Å². The summed E-state index contributed by atoms with van der Waals surface area (Å²) in [5.74, 6) is -0.766. The molecule has 1 aliphatic rings. The SMILES string of the molecule is Cc1ccc(C(C)NC2CCC(C(=O)O)CC2)cc1. The number of carboxylic acids is 1. The molecule has 0 bridgehead atoms. The average molecular weight is 261 g/mol. The number of aryl methyl sites for hydroxylation is 1. The Hall–Kier alpha value is -1.35. The molecule has 2 N–H and O–H groups in total. The first-order chi connectivity index (χ1) is 9.06. The van der Waals surface area contributed by atoms with Gasteiger partial charge in [-0.2, -0.15) is 0 Å².